The molecule has 3 aromatic rings. The molecule has 24 heavy (non-hydrogen) atoms. The summed E-state index contributed by atoms with van der Waals surface area (Å²) < 4.78 is 7.54. The molecule has 0 amide bonds. The fourth-order valence-corrected chi connectivity index (χ4v) is 2.87. The van der Waals surface area contributed by atoms with E-state index >= 15 is 0 Å². The minimum absolute atomic E-state index is 0.0995. The van der Waals surface area contributed by atoms with Crippen molar-refractivity contribution >= 4 is 11.0 Å². The van der Waals surface area contributed by atoms with Crippen LogP contribution in [0, 0.1) is 13.8 Å². The summed E-state index contributed by atoms with van der Waals surface area (Å²) in [4.78, 5) is 24.7. The van der Waals surface area contributed by atoms with Crippen LogP contribution < -0.4 is 16.7 Å². The molecule has 2 heterocycles. The summed E-state index contributed by atoms with van der Waals surface area (Å²) in [7, 11) is 1.67. The molecule has 3 rings (SSSR count). The zero-order valence-corrected chi connectivity index (χ0v) is 14.2. The second-order valence-electron chi connectivity index (χ2n) is 6.27. The van der Waals surface area contributed by atoms with Crippen LogP contribution in [0.2, 0.25) is 0 Å². The van der Waals surface area contributed by atoms with Gasteiger partial charge in [0.05, 0.1) is 5.39 Å². The Morgan fingerprint density at radius 3 is 2.50 bits per heavy atom. The van der Waals surface area contributed by atoms with Crippen molar-refractivity contribution in [3.05, 3.63) is 67.7 Å². The molecule has 0 bridgehead atoms. The topological polar surface area (TPSA) is 78.2 Å². The molecule has 124 valence electrons. The molecule has 0 aliphatic heterocycles. The largest absolute Gasteiger partial charge is 0.455 e. The Kier molecular flexibility index (Phi) is 3.89. The van der Waals surface area contributed by atoms with E-state index in [1.807, 2.05) is 26.0 Å². The molecule has 0 aliphatic rings. The zero-order valence-electron chi connectivity index (χ0n) is 14.2. The van der Waals surface area contributed by atoms with Crippen molar-refractivity contribution in [3.8, 4) is 11.3 Å². The smallest absolute Gasteiger partial charge is 0.250 e. The second kappa shape index (κ2) is 5.76. The summed E-state index contributed by atoms with van der Waals surface area (Å²) in [6.07, 6.45) is 1.66. The molecule has 1 unspecified atom stereocenters. The third-order valence-corrected chi connectivity index (χ3v) is 4.25. The number of aromatic nitrogens is 1. The van der Waals surface area contributed by atoms with Gasteiger partial charge in [-0.15, -0.1) is 0 Å². The van der Waals surface area contributed by atoms with E-state index < -0.39 is 0 Å². The maximum absolute atomic E-state index is 12.8. The summed E-state index contributed by atoms with van der Waals surface area (Å²) in [5, 5.41) is 0.521. The van der Waals surface area contributed by atoms with Crippen LogP contribution in [0.3, 0.4) is 0 Å². The lowest BCUT2D eigenvalue weighted by molar-refractivity contribution is 0.603. The molecular weight excluding hydrogens is 304 g/mol. The highest BCUT2D eigenvalue weighted by molar-refractivity contribution is 5.84. The van der Waals surface area contributed by atoms with Gasteiger partial charge in [0.25, 0.3) is 5.56 Å². The minimum Gasteiger partial charge on any atom is -0.455 e. The predicted molar refractivity (Wildman–Crippen MR) is 95.2 cm³/mol. The maximum Gasteiger partial charge on any atom is 0.250 e. The van der Waals surface area contributed by atoms with Crippen LogP contribution in [-0.2, 0) is 7.05 Å². The average molecular weight is 324 g/mol. The standard InChI is InChI=1S/C19H20N2O3/c1-10-7-14(12(3)20)19-15(8-10)17(23)11(2)18(24-19)13-5-6-21(4)16(22)9-13/h5-9,12H,20H2,1-4H3. The van der Waals surface area contributed by atoms with E-state index in [-0.39, 0.29) is 17.0 Å². The molecule has 0 saturated heterocycles. The SMILES string of the molecule is Cc1cc(C(C)N)c2oc(-c3ccn(C)c(=O)c3)c(C)c(=O)c2c1. The third kappa shape index (κ3) is 2.57. The van der Waals surface area contributed by atoms with Crippen LogP contribution in [0.15, 0.2) is 44.5 Å². The molecule has 0 spiro atoms. The van der Waals surface area contributed by atoms with Gasteiger partial charge in [0.1, 0.15) is 11.3 Å². The number of fused-ring (bicyclic) bond motifs is 1. The van der Waals surface area contributed by atoms with Crippen molar-refractivity contribution in [2.75, 3.05) is 0 Å². The van der Waals surface area contributed by atoms with E-state index in [4.69, 9.17) is 10.2 Å². The summed E-state index contributed by atoms with van der Waals surface area (Å²) in [6, 6.07) is 6.71. The number of nitrogens with zero attached hydrogens (tertiary/aromatic N) is 1. The van der Waals surface area contributed by atoms with Crippen molar-refractivity contribution in [1.82, 2.24) is 4.57 Å². The van der Waals surface area contributed by atoms with Gasteiger partial charge in [0.2, 0.25) is 0 Å². The van der Waals surface area contributed by atoms with Crippen LogP contribution in [0.5, 0.6) is 0 Å². The van der Waals surface area contributed by atoms with Crippen molar-refractivity contribution in [2.45, 2.75) is 26.8 Å². The predicted octanol–water partition coefficient (Wildman–Crippen LogP) is 2.80. The van der Waals surface area contributed by atoms with Gasteiger partial charge in [-0.25, -0.2) is 0 Å². The van der Waals surface area contributed by atoms with E-state index in [2.05, 4.69) is 0 Å². The van der Waals surface area contributed by atoms with Gasteiger partial charge in [-0.2, -0.15) is 0 Å². The number of hydrogen-bond acceptors (Lipinski definition) is 4. The van der Waals surface area contributed by atoms with Crippen molar-refractivity contribution < 1.29 is 4.42 Å². The molecule has 1 atom stereocenters. The number of aryl methyl sites for hydroxylation is 2. The van der Waals surface area contributed by atoms with Gasteiger partial charge in [0, 0.05) is 42.0 Å². The normalized spacial score (nSPS) is 12.5. The van der Waals surface area contributed by atoms with Gasteiger partial charge < -0.3 is 14.7 Å². The first kappa shape index (κ1) is 16.2. The Balaban J connectivity index is 2.42. The van der Waals surface area contributed by atoms with E-state index in [1.165, 1.54) is 10.6 Å². The van der Waals surface area contributed by atoms with Gasteiger partial charge in [-0.3, -0.25) is 9.59 Å². The highest BCUT2D eigenvalue weighted by Gasteiger charge is 2.17. The maximum atomic E-state index is 12.8. The van der Waals surface area contributed by atoms with Crippen molar-refractivity contribution in [2.24, 2.45) is 12.8 Å². The average Bonchev–Trinajstić information content (AvgIpc) is 2.53. The third-order valence-electron chi connectivity index (χ3n) is 4.25. The monoisotopic (exact) mass is 324 g/mol. The number of nitrogens with two attached hydrogens (primary N) is 1. The van der Waals surface area contributed by atoms with Gasteiger partial charge in [-0.05, 0) is 38.5 Å². The van der Waals surface area contributed by atoms with Crippen molar-refractivity contribution in [3.63, 3.8) is 0 Å². The highest BCUT2D eigenvalue weighted by atomic mass is 16.3. The molecule has 0 fully saturated rings. The van der Waals surface area contributed by atoms with Gasteiger partial charge in [0.15, 0.2) is 5.43 Å². The fraction of sp³-hybridized carbons (Fsp3) is 0.263. The lowest BCUT2D eigenvalue weighted by Gasteiger charge is -2.13. The first-order valence-corrected chi connectivity index (χ1v) is 7.80. The second-order valence-corrected chi connectivity index (χ2v) is 6.27. The fourth-order valence-electron chi connectivity index (χ4n) is 2.87. The summed E-state index contributed by atoms with van der Waals surface area (Å²) in [6.45, 7) is 5.49. The van der Waals surface area contributed by atoms with E-state index in [0.29, 0.717) is 27.9 Å². The van der Waals surface area contributed by atoms with Crippen molar-refractivity contribution in [1.29, 1.82) is 0 Å². The lowest BCUT2D eigenvalue weighted by Crippen LogP contribution is -2.15. The molecule has 0 radical (unpaired) electrons. The summed E-state index contributed by atoms with van der Waals surface area (Å²) in [5.41, 5.74) is 9.10. The Labute approximate surface area is 139 Å². The molecule has 1 aromatic carbocycles. The molecule has 5 heteroatoms. The van der Waals surface area contributed by atoms with Crippen LogP contribution in [0.1, 0.15) is 29.7 Å². The number of pyridine rings is 1. The van der Waals surface area contributed by atoms with Crippen LogP contribution >= 0.6 is 0 Å². The van der Waals surface area contributed by atoms with Crippen LogP contribution in [0.4, 0.5) is 0 Å². The van der Waals surface area contributed by atoms with E-state index in [9.17, 15) is 9.59 Å². The van der Waals surface area contributed by atoms with Crippen LogP contribution in [-0.4, -0.2) is 4.57 Å². The Bertz CT molecular complexity index is 1060. The van der Waals surface area contributed by atoms with E-state index in [1.54, 1.807) is 26.2 Å². The Hall–Kier alpha value is -2.66. The molecular formula is C19H20N2O3. The molecule has 2 aromatic heterocycles. The lowest BCUT2D eigenvalue weighted by atomic mass is 9.99. The summed E-state index contributed by atoms with van der Waals surface area (Å²) in [5.74, 6) is 0.413. The molecule has 0 aliphatic carbocycles. The number of rotatable bonds is 2. The molecule has 5 nitrogen and oxygen atoms in total. The summed E-state index contributed by atoms with van der Waals surface area (Å²) >= 11 is 0. The molecule has 2 N–H and O–H groups in total. The zero-order chi connectivity index (χ0) is 17.6. The Morgan fingerprint density at radius 1 is 1.17 bits per heavy atom. The quantitative estimate of drug-likeness (QED) is 0.786. The highest BCUT2D eigenvalue weighted by Crippen LogP contribution is 2.29. The number of hydrogen-bond donors (Lipinski definition) is 1. The van der Waals surface area contributed by atoms with Gasteiger partial charge >= 0.3 is 0 Å². The van der Waals surface area contributed by atoms with E-state index in [0.717, 1.165) is 11.1 Å². The molecule has 0 saturated carbocycles. The number of benzene rings is 1. The van der Waals surface area contributed by atoms with Gasteiger partial charge in [-0.1, -0.05) is 6.07 Å². The Morgan fingerprint density at radius 2 is 1.88 bits per heavy atom. The van der Waals surface area contributed by atoms with Crippen LogP contribution in [0.25, 0.3) is 22.3 Å². The first-order valence-electron chi connectivity index (χ1n) is 7.80. The minimum atomic E-state index is -0.269. The first-order chi connectivity index (χ1) is 11.3.